The fraction of sp³-hybridized carbons (Fsp3) is 0.571. The number of hydrogen-bond acceptors (Lipinski definition) is 3. The van der Waals surface area contributed by atoms with Crippen LogP contribution in [0.3, 0.4) is 0 Å². The molecule has 0 aliphatic heterocycles. The Kier molecular flexibility index (Phi) is 7.13. The van der Waals surface area contributed by atoms with Gasteiger partial charge in [-0.15, -0.1) is 0 Å². The van der Waals surface area contributed by atoms with Crippen molar-refractivity contribution in [1.82, 2.24) is 0 Å². The molecule has 0 saturated carbocycles. The molecule has 2 nitrogen and oxygen atoms in total. The predicted octanol–water partition coefficient (Wildman–Crippen LogP) is 3.02. The number of para-hydroxylation sites is 1. The number of aryl methyl sites for hydroxylation is 1. The fourth-order valence-corrected chi connectivity index (χ4v) is 2.36. The van der Waals surface area contributed by atoms with Gasteiger partial charge in [-0.1, -0.05) is 25.1 Å². The van der Waals surface area contributed by atoms with Crippen LogP contribution >= 0.6 is 11.8 Å². The number of thioether (sulfide) groups is 1. The largest absolute Gasteiger partial charge is 0.493 e. The van der Waals surface area contributed by atoms with E-state index in [1.165, 1.54) is 22.6 Å². The van der Waals surface area contributed by atoms with Crippen LogP contribution in [-0.4, -0.2) is 24.7 Å². The Morgan fingerprint density at radius 3 is 2.88 bits per heavy atom. The average molecular weight is 253 g/mol. The van der Waals surface area contributed by atoms with Crippen LogP contribution in [0.25, 0.3) is 0 Å². The van der Waals surface area contributed by atoms with E-state index in [1.54, 1.807) is 0 Å². The lowest BCUT2D eigenvalue weighted by Gasteiger charge is -2.13. The summed E-state index contributed by atoms with van der Waals surface area (Å²) in [5.74, 6) is 3.40. The summed E-state index contributed by atoms with van der Waals surface area (Å²) in [7, 11) is 0. The van der Waals surface area contributed by atoms with Crippen molar-refractivity contribution in [3.8, 4) is 5.75 Å². The smallest absolute Gasteiger partial charge is 0.125 e. The highest BCUT2D eigenvalue weighted by molar-refractivity contribution is 7.99. The van der Waals surface area contributed by atoms with Crippen LogP contribution in [0.5, 0.6) is 5.75 Å². The van der Waals surface area contributed by atoms with Crippen molar-refractivity contribution in [3.05, 3.63) is 29.3 Å². The lowest BCUT2D eigenvalue weighted by Crippen LogP contribution is -2.07. The molecule has 17 heavy (non-hydrogen) atoms. The van der Waals surface area contributed by atoms with Crippen LogP contribution in [0.15, 0.2) is 18.2 Å². The van der Waals surface area contributed by atoms with Gasteiger partial charge in [0.15, 0.2) is 0 Å². The second-order valence-electron chi connectivity index (χ2n) is 4.00. The SMILES string of the molecule is CCSCCCOc1c(C)cccc1CCN. The van der Waals surface area contributed by atoms with Crippen LogP contribution in [0.2, 0.25) is 0 Å². The van der Waals surface area contributed by atoms with Crippen molar-refractivity contribution in [2.75, 3.05) is 24.7 Å². The van der Waals surface area contributed by atoms with Gasteiger partial charge < -0.3 is 10.5 Å². The molecule has 96 valence electrons. The Balaban J connectivity index is 2.50. The molecule has 0 aliphatic carbocycles. The van der Waals surface area contributed by atoms with E-state index in [1.807, 2.05) is 11.8 Å². The predicted molar refractivity (Wildman–Crippen MR) is 77.0 cm³/mol. The standard InChI is InChI=1S/C14H23NOS/c1-3-17-11-5-10-16-14-12(2)6-4-7-13(14)8-9-15/h4,6-7H,3,5,8-11,15H2,1-2H3. The molecule has 0 aromatic heterocycles. The zero-order valence-corrected chi connectivity index (χ0v) is 11.7. The molecule has 0 heterocycles. The maximum Gasteiger partial charge on any atom is 0.125 e. The summed E-state index contributed by atoms with van der Waals surface area (Å²) in [6.07, 6.45) is 2.00. The molecule has 0 fully saturated rings. The number of hydrogen-bond donors (Lipinski definition) is 1. The minimum absolute atomic E-state index is 0.672. The molecule has 0 bridgehead atoms. The normalized spacial score (nSPS) is 10.5. The molecule has 1 rings (SSSR count). The third-order valence-electron chi connectivity index (χ3n) is 2.59. The average Bonchev–Trinajstić information content (AvgIpc) is 2.32. The van der Waals surface area contributed by atoms with Gasteiger partial charge in [0, 0.05) is 0 Å². The van der Waals surface area contributed by atoms with E-state index in [9.17, 15) is 0 Å². The first-order valence-electron chi connectivity index (χ1n) is 6.28. The van der Waals surface area contributed by atoms with Gasteiger partial charge >= 0.3 is 0 Å². The zero-order chi connectivity index (χ0) is 12.5. The lowest BCUT2D eigenvalue weighted by molar-refractivity contribution is 0.313. The molecule has 0 spiro atoms. The molecule has 1 aromatic rings. The first-order chi connectivity index (χ1) is 8.29. The molecule has 3 heteroatoms. The number of benzene rings is 1. The summed E-state index contributed by atoms with van der Waals surface area (Å²) in [6, 6.07) is 6.27. The van der Waals surface area contributed by atoms with Gasteiger partial charge in [-0.2, -0.15) is 11.8 Å². The van der Waals surface area contributed by atoms with Gasteiger partial charge in [-0.25, -0.2) is 0 Å². The van der Waals surface area contributed by atoms with Crippen LogP contribution in [0, 0.1) is 6.92 Å². The van der Waals surface area contributed by atoms with Crippen molar-refractivity contribution in [2.24, 2.45) is 5.73 Å². The van der Waals surface area contributed by atoms with Gasteiger partial charge in [-0.3, -0.25) is 0 Å². The molecule has 0 saturated heterocycles. The summed E-state index contributed by atoms with van der Waals surface area (Å²) >= 11 is 1.96. The Morgan fingerprint density at radius 1 is 1.35 bits per heavy atom. The van der Waals surface area contributed by atoms with E-state index in [-0.39, 0.29) is 0 Å². The summed E-state index contributed by atoms with van der Waals surface area (Å²) in [5, 5.41) is 0. The molecule has 0 amide bonds. The van der Waals surface area contributed by atoms with E-state index in [2.05, 4.69) is 32.0 Å². The molecular formula is C14H23NOS. The minimum atomic E-state index is 0.672. The molecule has 2 N–H and O–H groups in total. The number of rotatable bonds is 8. The van der Waals surface area contributed by atoms with Crippen LogP contribution in [0.1, 0.15) is 24.5 Å². The Morgan fingerprint density at radius 2 is 2.18 bits per heavy atom. The van der Waals surface area contributed by atoms with Crippen LogP contribution < -0.4 is 10.5 Å². The van der Waals surface area contributed by atoms with Crippen molar-refractivity contribution in [3.63, 3.8) is 0 Å². The summed E-state index contributed by atoms with van der Waals surface area (Å²) in [6.45, 7) is 5.75. The molecule has 1 aromatic carbocycles. The van der Waals surface area contributed by atoms with Gasteiger partial charge in [0.25, 0.3) is 0 Å². The molecular weight excluding hydrogens is 230 g/mol. The van der Waals surface area contributed by atoms with Crippen LogP contribution in [-0.2, 0) is 6.42 Å². The third-order valence-corrected chi connectivity index (χ3v) is 3.58. The summed E-state index contributed by atoms with van der Waals surface area (Å²) < 4.78 is 5.90. The summed E-state index contributed by atoms with van der Waals surface area (Å²) in [4.78, 5) is 0. The lowest BCUT2D eigenvalue weighted by atomic mass is 10.1. The topological polar surface area (TPSA) is 35.2 Å². The second-order valence-corrected chi connectivity index (χ2v) is 5.39. The monoisotopic (exact) mass is 253 g/mol. The van der Waals surface area contributed by atoms with Crippen molar-refractivity contribution >= 4 is 11.8 Å². The van der Waals surface area contributed by atoms with E-state index < -0.39 is 0 Å². The van der Waals surface area contributed by atoms with Gasteiger partial charge in [0.2, 0.25) is 0 Å². The minimum Gasteiger partial charge on any atom is -0.493 e. The second kappa shape index (κ2) is 8.43. The Labute approximate surface area is 109 Å². The van der Waals surface area contributed by atoms with E-state index >= 15 is 0 Å². The van der Waals surface area contributed by atoms with Gasteiger partial charge in [-0.05, 0) is 48.9 Å². The molecule has 0 atom stereocenters. The summed E-state index contributed by atoms with van der Waals surface area (Å²) in [5.41, 5.74) is 8.05. The maximum absolute atomic E-state index is 5.90. The van der Waals surface area contributed by atoms with E-state index in [0.29, 0.717) is 6.54 Å². The fourth-order valence-electron chi connectivity index (χ4n) is 1.75. The molecule has 0 unspecified atom stereocenters. The van der Waals surface area contributed by atoms with Gasteiger partial charge in [0.05, 0.1) is 6.61 Å². The van der Waals surface area contributed by atoms with Gasteiger partial charge in [0.1, 0.15) is 5.75 Å². The van der Waals surface area contributed by atoms with Crippen molar-refractivity contribution in [2.45, 2.75) is 26.7 Å². The maximum atomic E-state index is 5.90. The Hall–Kier alpha value is -0.670. The van der Waals surface area contributed by atoms with Crippen molar-refractivity contribution in [1.29, 1.82) is 0 Å². The van der Waals surface area contributed by atoms with E-state index in [0.717, 1.165) is 25.2 Å². The van der Waals surface area contributed by atoms with Crippen molar-refractivity contribution < 1.29 is 4.74 Å². The molecule has 0 aliphatic rings. The third kappa shape index (κ3) is 5.00. The molecule has 0 radical (unpaired) electrons. The van der Waals surface area contributed by atoms with Crippen LogP contribution in [0.4, 0.5) is 0 Å². The Bertz CT molecular complexity index is 328. The highest BCUT2D eigenvalue weighted by atomic mass is 32.2. The highest BCUT2D eigenvalue weighted by Gasteiger charge is 2.05. The first kappa shape index (κ1) is 14.4. The number of nitrogens with two attached hydrogens (primary N) is 1. The van der Waals surface area contributed by atoms with E-state index in [4.69, 9.17) is 10.5 Å². The first-order valence-corrected chi connectivity index (χ1v) is 7.44. The zero-order valence-electron chi connectivity index (χ0n) is 10.9. The highest BCUT2D eigenvalue weighted by Crippen LogP contribution is 2.23. The quantitative estimate of drug-likeness (QED) is 0.723. The number of ether oxygens (including phenoxy) is 1.